The zero-order valence-electron chi connectivity index (χ0n) is 10.8. The molecule has 0 heterocycles. The molecule has 106 valence electrons. The molecule has 2 nitrogen and oxygen atoms in total. The van der Waals surface area contributed by atoms with Crippen molar-refractivity contribution in [2.75, 3.05) is 5.32 Å². The topological polar surface area (TPSA) is 38.0 Å². The maximum atomic E-state index is 12.9. The fourth-order valence-electron chi connectivity index (χ4n) is 2.59. The lowest BCUT2D eigenvalue weighted by Gasteiger charge is -2.24. The van der Waals surface area contributed by atoms with E-state index in [9.17, 15) is 13.2 Å². The average Bonchev–Trinajstić information content (AvgIpc) is 2.39. The molecule has 0 aliphatic heterocycles. The van der Waals surface area contributed by atoms with Crippen molar-refractivity contribution >= 4 is 5.69 Å². The van der Waals surface area contributed by atoms with Gasteiger partial charge < -0.3 is 11.1 Å². The van der Waals surface area contributed by atoms with Crippen LogP contribution in [0, 0.1) is 0 Å². The average molecular weight is 272 g/mol. The number of rotatable bonds is 3. The van der Waals surface area contributed by atoms with Crippen LogP contribution in [-0.2, 0) is 12.7 Å². The van der Waals surface area contributed by atoms with Crippen LogP contribution in [-0.4, -0.2) is 6.04 Å². The Morgan fingerprint density at radius 1 is 1.16 bits per heavy atom. The molecular formula is C14H19F3N2. The summed E-state index contributed by atoms with van der Waals surface area (Å²) in [5.41, 5.74) is 5.41. The Bertz CT molecular complexity index is 423. The molecule has 1 saturated carbocycles. The third-order valence-electron chi connectivity index (χ3n) is 3.61. The van der Waals surface area contributed by atoms with E-state index in [0.29, 0.717) is 11.7 Å². The smallest absolute Gasteiger partial charge is 0.382 e. The summed E-state index contributed by atoms with van der Waals surface area (Å²) in [4.78, 5) is 0. The Labute approximate surface area is 111 Å². The molecule has 1 aliphatic carbocycles. The van der Waals surface area contributed by atoms with Gasteiger partial charge in [-0.15, -0.1) is 0 Å². The van der Waals surface area contributed by atoms with Crippen LogP contribution in [0.2, 0.25) is 0 Å². The third-order valence-corrected chi connectivity index (χ3v) is 3.61. The van der Waals surface area contributed by atoms with E-state index in [1.54, 1.807) is 6.07 Å². The molecule has 0 spiro atoms. The Morgan fingerprint density at radius 2 is 1.84 bits per heavy atom. The summed E-state index contributed by atoms with van der Waals surface area (Å²) in [5, 5.41) is 3.20. The van der Waals surface area contributed by atoms with Crippen molar-refractivity contribution in [3.8, 4) is 0 Å². The van der Waals surface area contributed by atoms with E-state index in [0.717, 1.165) is 25.7 Å². The van der Waals surface area contributed by atoms with Crippen molar-refractivity contribution in [1.82, 2.24) is 0 Å². The third kappa shape index (κ3) is 3.62. The summed E-state index contributed by atoms with van der Waals surface area (Å²) in [6.07, 6.45) is 1.21. The van der Waals surface area contributed by atoms with Crippen LogP contribution >= 0.6 is 0 Å². The minimum absolute atomic E-state index is 0.0987. The zero-order valence-corrected chi connectivity index (χ0v) is 10.8. The van der Waals surface area contributed by atoms with Crippen LogP contribution in [0.4, 0.5) is 18.9 Å². The van der Waals surface area contributed by atoms with Crippen LogP contribution in [0.3, 0.4) is 0 Å². The quantitative estimate of drug-likeness (QED) is 0.875. The molecule has 3 N–H and O–H groups in total. The van der Waals surface area contributed by atoms with Gasteiger partial charge in [-0.05, 0) is 30.5 Å². The molecule has 2 rings (SSSR count). The maximum absolute atomic E-state index is 12.9. The Kier molecular flexibility index (Phi) is 4.34. The number of nitrogens with one attached hydrogen (secondary N) is 1. The number of hydrogen-bond donors (Lipinski definition) is 2. The van der Waals surface area contributed by atoms with Crippen LogP contribution in [0.25, 0.3) is 0 Å². The monoisotopic (exact) mass is 272 g/mol. The zero-order chi connectivity index (χ0) is 13.9. The number of halogens is 3. The molecule has 19 heavy (non-hydrogen) atoms. The predicted octanol–water partition coefficient (Wildman–Crippen LogP) is 3.91. The van der Waals surface area contributed by atoms with Gasteiger partial charge in [0.05, 0.1) is 5.56 Å². The SMILES string of the molecule is NCc1ccc(NC2CCCCC2)cc1C(F)(F)F. The predicted molar refractivity (Wildman–Crippen MR) is 69.8 cm³/mol. The molecule has 1 aliphatic rings. The standard InChI is InChI=1S/C14H19F3N2/c15-14(16,17)13-8-12(7-6-10(13)9-18)19-11-4-2-1-3-5-11/h6-8,11,19H,1-5,9,18H2. The van der Waals surface area contributed by atoms with Gasteiger partial charge in [-0.3, -0.25) is 0 Å². The molecule has 0 aromatic heterocycles. The first kappa shape index (κ1) is 14.2. The van der Waals surface area contributed by atoms with Crippen molar-refractivity contribution in [3.05, 3.63) is 29.3 Å². The molecule has 0 saturated heterocycles. The van der Waals surface area contributed by atoms with Gasteiger partial charge in [0.15, 0.2) is 0 Å². The highest BCUT2D eigenvalue weighted by Crippen LogP contribution is 2.34. The molecule has 1 aromatic carbocycles. The van der Waals surface area contributed by atoms with Gasteiger partial charge in [-0.1, -0.05) is 25.3 Å². The minimum Gasteiger partial charge on any atom is -0.382 e. The van der Waals surface area contributed by atoms with Crippen LogP contribution in [0.15, 0.2) is 18.2 Å². The highest BCUT2D eigenvalue weighted by atomic mass is 19.4. The molecule has 0 amide bonds. The van der Waals surface area contributed by atoms with Gasteiger partial charge in [0.25, 0.3) is 0 Å². The summed E-state index contributed by atoms with van der Waals surface area (Å²) in [5.74, 6) is 0. The van der Waals surface area contributed by atoms with E-state index in [-0.39, 0.29) is 12.1 Å². The summed E-state index contributed by atoms with van der Waals surface area (Å²) in [7, 11) is 0. The van der Waals surface area contributed by atoms with E-state index in [4.69, 9.17) is 5.73 Å². The van der Waals surface area contributed by atoms with E-state index in [1.807, 2.05) is 0 Å². The van der Waals surface area contributed by atoms with Crippen molar-refractivity contribution in [2.45, 2.75) is 50.9 Å². The molecule has 0 bridgehead atoms. The first-order valence-corrected chi connectivity index (χ1v) is 6.67. The van der Waals surface area contributed by atoms with E-state index in [2.05, 4.69) is 5.32 Å². The Hall–Kier alpha value is -1.23. The number of nitrogens with two attached hydrogens (primary N) is 1. The normalized spacial score (nSPS) is 17.5. The van der Waals surface area contributed by atoms with Gasteiger partial charge in [-0.25, -0.2) is 0 Å². The molecule has 5 heteroatoms. The lowest BCUT2D eigenvalue weighted by Crippen LogP contribution is -2.22. The highest BCUT2D eigenvalue weighted by Gasteiger charge is 2.33. The molecule has 1 aromatic rings. The van der Waals surface area contributed by atoms with Gasteiger partial charge in [-0.2, -0.15) is 13.2 Å². The molecule has 0 unspecified atom stereocenters. The second-order valence-corrected chi connectivity index (χ2v) is 5.05. The molecule has 1 fully saturated rings. The fourth-order valence-corrected chi connectivity index (χ4v) is 2.59. The first-order chi connectivity index (χ1) is 9.00. The number of hydrogen-bond acceptors (Lipinski definition) is 2. The Morgan fingerprint density at radius 3 is 2.42 bits per heavy atom. The number of anilines is 1. The minimum atomic E-state index is -4.35. The summed E-state index contributed by atoms with van der Waals surface area (Å²) < 4.78 is 38.7. The maximum Gasteiger partial charge on any atom is 0.416 e. The lowest BCUT2D eigenvalue weighted by atomic mass is 9.95. The van der Waals surface area contributed by atoms with E-state index in [1.165, 1.54) is 18.6 Å². The lowest BCUT2D eigenvalue weighted by molar-refractivity contribution is -0.138. The molecule has 0 radical (unpaired) electrons. The number of benzene rings is 1. The molecule has 0 atom stereocenters. The second kappa shape index (κ2) is 5.82. The van der Waals surface area contributed by atoms with Crippen LogP contribution in [0.5, 0.6) is 0 Å². The Balaban J connectivity index is 2.17. The molecular weight excluding hydrogens is 253 g/mol. The largest absolute Gasteiger partial charge is 0.416 e. The van der Waals surface area contributed by atoms with E-state index < -0.39 is 11.7 Å². The van der Waals surface area contributed by atoms with Gasteiger partial charge in [0.2, 0.25) is 0 Å². The number of alkyl halides is 3. The summed E-state index contributed by atoms with van der Waals surface area (Å²) >= 11 is 0. The summed E-state index contributed by atoms with van der Waals surface area (Å²) in [6.45, 7) is -0.0987. The van der Waals surface area contributed by atoms with Crippen molar-refractivity contribution in [1.29, 1.82) is 0 Å². The van der Waals surface area contributed by atoms with Gasteiger partial charge >= 0.3 is 6.18 Å². The van der Waals surface area contributed by atoms with Crippen molar-refractivity contribution < 1.29 is 13.2 Å². The van der Waals surface area contributed by atoms with Crippen LogP contribution < -0.4 is 11.1 Å². The second-order valence-electron chi connectivity index (χ2n) is 5.05. The first-order valence-electron chi connectivity index (χ1n) is 6.67. The fraction of sp³-hybridized carbons (Fsp3) is 0.571. The van der Waals surface area contributed by atoms with Crippen molar-refractivity contribution in [3.63, 3.8) is 0 Å². The highest BCUT2D eigenvalue weighted by molar-refractivity contribution is 5.50. The summed E-state index contributed by atoms with van der Waals surface area (Å²) in [6, 6.07) is 4.62. The van der Waals surface area contributed by atoms with Crippen LogP contribution in [0.1, 0.15) is 43.2 Å². The van der Waals surface area contributed by atoms with Gasteiger partial charge in [0, 0.05) is 18.3 Å². The van der Waals surface area contributed by atoms with Gasteiger partial charge in [0.1, 0.15) is 0 Å². The van der Waals surface area contributed by atoms with Crippen molar-refractivity contribution in [2.24, 2.45) is 5.73 Å². The van der Waals surface area contributed by atoms with E-state index >= 15 is 0 Å².